The molecular formula is C24H22FN3. The monoisotopic (exact) mass is 371 g/mol. The molecule has 3 aromatic rings. The van der Waals surface area contributed by atoms with E-state index in [9.17, 15) is 4.39 Å². The number of rotatable bonds is 4. The first kappa shape index (κ1) is 17.3. The van der Waals surface area contributed by atoms with Gasteiger partial charge in [-0.1, -0.05) is 55.5 Å². The van der Waals surface area contributed by atoms with Crippen LogP contribution in [0, 0.1) is 11.7 Å². The van der Waals surface area contributed by atoms with Crippen LogP contribution < -0.4 is 0 Å². The Morgan fingerprint density at radius 1 is 1.00 bits per heavy atom. The summed E-state index contributed by atoms with van der Waals surface area (Å²) in [6.45, 7) is 6.11. The molecule has 0 radical (unpaired) electrons. The summed E-state index contributed by atoms with van der Waals surface area (Å²) in [4.78, 5) is 11.9. The summed E-state index contributed by atoms with van der Waals surface area (Å²) in [7, 11) is 0. The minimum Gasteiger partial charge on any atom is -0.298 e. The van der Waals surface area contributed by atoms with Crippen molar-refractivity contribution in [1.82, 2.24) is 4.90 Å². The molecule has 2 aliphatic heterocycles. The van der Waals surface area contributed by atoms with E-state index in [0.29, 0.717) is 6.54 Å². The molecule has 0 atom stereocenters. The van der Waals surface area contributed by atoms with E-state index in [-0.39, 0.29) is 5.82 Å². The van der Waals surface area contributed by atoms with Gasteiger partial charge in [0.25, 0.3) is 0 Å². The molecule has 140 valence electrons. The first-order valence-electron chi connectivity index (χ1n) is 9.79. The number of halogens is 1. The predicted octanol–water partition coefficient (Wildman–Crippen LogP) is 4.68. The number of benzene rings is 3. The van der Waals surface area contributed by atoms with Gasteiger partial charge in [-0.15, -0.1) is 0 Å². The van der Waals surface area contributed by atoms with Crippen LogP contribution in [0.5, 0.6) is 0 Å². The Morgan fingerprint density at radius 3 is 2.61 bits per heavy atom. The number of fused-ring (bicyclic) bond motifs is 1. The Kier molecular flexibility index (Phi) is 4.29. The standard InChI is InChI=1S/C24H22FN3/c1-16-13-28(14-16)15-18-9-10-22(21-8-3-2-7-20(18)21)24-26-12-23(27-24)17-5-4-6-19(25)11-17/h2-11,16H,12-15H2,1H3. The first-order valence-corrected chi connectivity index (χ1v) is 9.79. The zero-order valence-corrected chi connectivity index (χ0v) is 15.9. The minimum absolute atomic E-state index is 0.247. The van der Waals surface area contributed by atoms with Crippen LogP contribution in [-0.2, 0) is 6.54 Å². The second kappa shape index (κ2) is 6.95. The van der Waals surface area contributed by atoms with Crippen molar-refractivity contribution in [2.75, 3.05) is 19.6 Å². The smallest absolute Gasteiger partial charge is 0.155 e. The Hall–Kier alpha value is -2.85. The molecule has 0 aromatic heterocycles. The van der Waals surface area contributed by atoms with Crippen molar-refractivity contribution in [2.24, 2.45) is 15.9 Å². The lowest BCUT2D eigenvalue weighted by molar-refractivity contribution is 0.105. The highest BCUT2D eigenvalue weighted by Gasteiger charge is 2.23. The topological polar surface area (TPSA) is 28.0 Å². The summed E-state index contributed by atoms with van der Waals surface area (Å²) in [5, 5.41) is 2.44. The molecule has 0 spiro atoms. The molecule has 4 heteroatoms. The maximum atomic E-state index is 13.6. The Labute approximate surface area is 164 Å². The third-order valence-corrected chi connectivity index (χ3v) is 5.57. The largest absolute Gasteiger partial charge is 0.298 e. The van der Waals surface area contributed by atoms with Gasteiger partial charge in [-0.05, 0) is 34.4 Å². The lowest BCUT2D eigenvalue weighted by Gasteiger charge is -2.37. The van der Waals surface area contributed by atoms with Crippen molar-refractivity contribution in [3.05, 3.63) is 83.2 Å². The molecule has 0 aliphatic carbocycles. The second-order valence-electron chi connectivity index (χ2n) is 7.83. The third kappa shape index (κ3) is 3.14. The van der Waals surface area contributed by atoms with Crippen molar-refractivity contribution in [1.29, 1.82) is 0 Å². The van der Waals surface area contributed by atoms with E-state index < -0.39 is 0 Å². The van der Waals surface area contributed by atoms with Gasteiger partial charge in [0, 0.05) is 30.8 Å². The molecule has 2 aliphatic rings. The molecule has 2 heterocycles. The molecule has 1 saturated heterocycles. The summed E-state index contributed by atoms with van der Waals surface area (Å²) in [5.74, 6) is 1.29. The van der Waals surface area contributed by atoms with Gasteiger partial charge in [0.15, 0.2) is 5.84 Å². The number of hydrogen-bond acceptors (Lipinski definition) is 3. The van der Waals surface area contributed by atoms with Crippen molar-refractivity contribution in [3.8, 4) is 0 Å². The van der Waals surface area contributed by atoms with Gasteiger partial charge >= 0.3 is 0 Å². The fourth-order valence-corrected chi connectivity index (χ4v) is 4.21. The van der Waals surface area contributed by atoms with E-state index in [1.165, 1.54) is 41.6 Å². The highest BCUT2D eigenvalue weighted by molar-refractivity contribution is 6.20. The molecule has 0 amide bonds. The summed E-state index contributed by atoms with van der Waals surface area (Å²) in [5.41, 5.74) is 4.01. The van der Waals surface area contributed by atoms with Crippen LogP contribution in [0.4, 0.5) is 4.39 Å². The molecule has 0 saturated carbocycles. The van der Waals surface area contributed by atoms with Crippen molar-refractivity contribution >= 4 is 22.3 Å². The van der Waals surface area contributed by atoms with Crippen LogP contribution in [0.15, 0.2) is 70.6 Å². The van der Waals surface area contributed by atoms with E-state index >= 15 is 0 Å². The average molecular weight is 371 g/mol. The van der Waals surface area contributed by atoms with E-state index in [1.54, 1.807) is 6.07 Å². The van der Waals surface area contributed by atoms with Crippen molar-refractivity contribution in [2.45, 2.75) is 13.5 Å². The lowest BCUT2D eigenvalue weighted by atomic mass is 9.96. The Morgan fingerprint density at radius 2 is 1.82 bits per heavy atom. The number of amidine groups is 1. The van der Waals surface area contributed by atoms with E-state index in [2.05, 4.69) is 53.2 Å². The summed E-state index contributed by atoms with van der Waals surface area (Å²) in [6, 6.07) is 19.4. The van der Waals surface area contributed by atoms with E-state index in [0.717, 1.165) is 35.1 Å². The number of aliphatic imine (C=N–C) groups is 2. The highest BCUT2D eigenvalue weighted by Crippen LogP contribution is 2.28. The lowest BCUT2D eigenvalue weighted by Crippen LogP contribution is -2.44. The summed E-state index contributed by atoms with van der Waals surface area (Å²) < 4.78 is 13.6. The quantitative estimate of drug-likeness (QED) is 0.654. The van der Waals surface area contributed by atoms with Gasteiger partial charge < -0.3 is 0 Å². The van der Waals surface area contributed by atoms with Gasteiger partial charge in [-0.3, -0.25) is 9.89 Å². The van der Waals surface area contributed by atoms with Crippen LogP contribution in [0.2, 0.25) is 0 Å². The Bertz CT molecular complexity index is 1110. The fourth-order valence-electron chi connectivity index (χ4n) is 4.21. The summed E-state index contributed by atoms with van der Waals surface area (Å²) in [6.07, 6.45) is 0. The van der Waals surface area contributed by atoms with E-state index in [1.807, 2.05) is 6.07 Å². The molecular weight excluding hydrogens is 349 g/mol. The first-order chi connectivity index (χ1) is 13.7. The number of likely N-dealkylation sites (tertiary alicyclic amines) is 1. The van der Waals surface area contributed by atoms with Crippen LogP contribution in [-0.4, -0.2) is 36.1 Å². The van der Waals surface area contributed by atoms with Gasteiger partial charge in [-0.2, -0.15) is 0 Å². The molecule has 1 fully saturated rings. The average Bonchev–Trinajstić information content (AvgIpc) is 3.17. The molecule has 3 aromatic carbocycles. The maximum absolute atomic E-state index is 13.6. The molecule has 0 N–H and O–H groups in total. The fraction of sp³-hybridized carbons (Fsp3) is 0.250. The van der Waals surface area contributed by atoms with Crippen molar-refractivity contribution < 1.29 is 4.39 Å². The SMILES string of the molecule is CC1CN(Cc2ccc(C3=NCC(c4cccc(F)c4)=N3)c3ccccc23)C1. The zero-order chi connectivity index (χ0) is 19.1. The molecule has 0 bridgehead atoms. The van der Waals surface area contributed by atoms with Crippen molar-refractivity contribution in [3.63, 3.8) is 0 Å². The van der Waals surface area contributed by atoms with Crippen LogP contribution in [0.25, 0.3) is 10.8 Å². The molecule has 28 heavy (non-hydrogen) atoms. The van der Waals surface area contributed by atoms with Gasteiger partial charge in [0.05, 0.1) is 12.3 Å². The third-order valence-electron chi connectivity index (χ3n) is 5.57. The molecule has 5 rings (SSSR count). The van der Waals surface area contributed by atoms with Crippen LogP contribution in [0.1, 0.15) is 23.6 Å². The molecule has 0 unspecified atom stereocenters. The van der Waals surface area contributed by atoms with E-state index in [4.69, 9.17) is 4.99 Å². The van der Waals surface area contributed by atoms with Gasteiger partial charge in [0.1, 0.15) is 5.82 Å². The van der Waals surface area contributed by atoms with Crippen LogP contribution >= 0.6 is 0 Å². The second-order valence-corrected chi connectivity index (χ2v) is 7.83. The Balaban J connectivity index is 1.50. The maximum Gasteiger partial charge on any atom is 0.155 e. The number of hydrogen-bond donors (Lipinski definition) is 0. The minimum atomic E-state index is -0.247. The van der Waals surface area contributed by atoms with Crippen LogP contribution in [0.3, 0.4) is 0 Å². The van der Waals surface area contributed by atoms with Gasteiger partial charge in [0.2, 0.25) is 0 Å². The number of nitrogens with zero attached hydrogens (tertiary/aromatic N) is 3. The normalized spacial score (nSPS) is 17.5. The highest BCUT2D eigenvalue weighted by atomic mass is 19.1. The predicted molar refractivity (Wildman–Crippen MR) is 113 cm³/mol. The molecule has 3 nitrogen and oxygen atoms in total. The zero-order valence-electron chi connectivity index (χ0n) is 15.9. The summed E-state index contributed by atoms with van der Waals surface area (Å²) >= 11 is 0. The van der Waals surface area contributed by atoms with Gasteiger partial charge in [-0.25, -0.2) is 9.38 Å².